The smallest absolute Gasteiger partial charge is 0.341 e. The Labute approximate surface area is 158 Å². The second kappa shape index (κ2) is 7.79. The zero-order valence-electron chi connectivity index (χ0n) is 15.0. The average molecular weight is 390 g/mol. The molecule has 0 radical (unpaired) electrons. The molecule has 28 heavy (non-hydrogen) atoms. The number of benzene rings is 2. The maximum Gasteiger partial charge on any atom is 0.416 e. The van der Waals surface area contributed by atoms with E-state index in [4.69, 9.17) is 0 Å². The van der Waals surface area contributed by atoms with Crippen molar-refractivity contribution in [2.75, 3.05) is 7.05 Å². The Balaban J connectivity index is 1.62. The lowest BCUT2D eigenvalue weighted by Crippen LogP contribution is -2.30. The maximum atomic E-state index is 12.6. The number of aryl methyl sites for hydroxylation is 1. The standard InChI is InChI=1S/C19H17F3N4O2/c1-25(12-13-6-8-14(9-7-13)19(20,21)22)17(27)10-11-26-18(28)15-4-2-3-5-16(15)23-24-26/h2-9H,10-12H2,1H3. The molecule has 146 valence electrons. The normalized spacial score (nSPS) is 11.6. The molecule has 0 aliphatic heterocycles. The number of alkyl halides is 3. The molecule has 2 aromatic carbocycles. The molecule has 9 heteroatoms. The van der Waals surface area contributed by atoms with Crippen molar-refractivity contribution in [3.63, 3.8) is 0 Å². The minimum atomic E-state index is -4.39. The van der Waals surface area contributed by atoms with Crippen LogP contribution in [-0.2, 0) is 24.1 Å². The Kier molecular flexibility index (Phi) is 5.43. The van der Waals surface area contributed by atoms with Crippen LogP contribution in [0.4, 0.5) is 13.2 Å². The molecule has 1 aromatic heterocycles. The summed E-state index contributed by atoms with van der Waals surface area (Å²) in [6.45, 7) is 0.224. The maximum absolute atomic E-state index is 12.6. The van der Waals surface area contributed by atoms with E-state index in [-0.39, 0.29) is 31.0 Å². The highest BCUT2D eigenvalue weighted by Crippen LogP contribution is 2.29. The number of amides is 1. The van der Waals surface area contributed by atoms with E-state index in [9.17, 15) is 22.8 Å². The molecule has 0 aliphatic rings. The SMILES string of the molecule is CN(Cc1ccc(C(F)(F)F)cc1)C(=O)CCn1nnc2ccccc2c1=O. The minimum absolute atomic E-state index is 0.0179. The molecule has 0 saturated carbocycles. The van der Waals surface area contributed by atoms with E-state index < -0.39 is 11.7 Å². The van der Waals surface area contributed by atoms with Crippen molar-refractivity contribution >= 4 is 16.8 Å². The van der Waals surface area contributed by atoms with Gasteiger partial charge in [0.15, 0.2) is 0 Å². The van der Waals surface area contributed by atoms with E-state index in [0.717, 1.165) is 16.8 Å². The number of carbonyl (C=O) groups is 1. The van der Waals surface area contributed by atoms with E-state index in [1.807, 2.05) is 0 Å². The largest absolute Gasteiger partial charge is 0.416 e. The first-order chi connectivity index (χ1) is 13.3. The van der Waals surface area contributed by atoms with Crippen LogP contribution in [0.1, 0.15) is 17.5 Å². The van der Waals surface area contributed by atoms with Crippen LogP contribution in [0.3, 0.4) is 0 Å². The Morgan fingerprint density at radius 2 is 1.79 bits per heavy atom. The highest BCUT2D eigenvalue weighted by molar-refractivity contribution is 5.77. The Morgan fingerprint density at radius 1 is 1.11 bits per heavy atom. The van der Waals surface area contributed by atoms with Gasteiger partial charge in [0.1, 0.15) is 5.52 Å². The van der Waals surface area contributed by atoms with E-state index in [2.05, 4.69) is 10.3 Å². The molecule has 0 saturated heterocycles. The van der Waals surface area contributed by atoms with Gasteiger partial charge in [-0.2, -0.15) is 13.2 Å². The van der Waals surface area contributed by atoms with Crippen molar-refractivity contribution < 1.29 is 18.0 Å². The Morgan fingerprint density at radius 3 is 2.46 bits per heavy atom. The molecular formula is C19H17F3N4O2. The predicted octanol–water partition coefficient (Wildman–Crippen LogP) is 2.86. The lowest BCUT2D eigenvalue weighted by Gasteiger charge is -2.18. The third kappa shape index (κ3) is 4.36. The van der Waals surface area contributed by atoms with Crippen molar-refractivity contribution in [1.82, 2.24) is 19.9 Å². The van der Waals surface area contributed by atoms with E-state index >= 15 is 0 Å². The van der Waals surface area contributed by atoms with Gasteiger partial charge in [0.2, 0.25) is 5.91 Å². The van der Waals surface area contributed by atoms with E-state index in [1.165, 1.54) is 17.0 Å². The minimum Gasteiger partial charge on any atom is -0.341 e. The molecule has 0 unspecified atom stereocenters. The molecule has 3 rings (SSSR count). The van der Waals surface area contributed by atoms with Crippen LogP contribution < -0.4 is 5.56 Å². The van der Waals surface area contributed by atoms with Gasteiger partial charge in [-0.25, -0.2) is 4.68 Å². The van der Waals surface area contributed by atoms with Crippen molar-refractivity contribution in [2.45, 2.75) is 25.7 Å². The lowest BCUT2D eigenvalue weighted by molar-refractivity contribution is -0.137. The number of hydrogen-bond donors (Lipinski definition) is 0. The summed E-state index contributed by atoms with van der Waals surface area (Å²) in [7, 11) is 1.55. The van der Waals surface area contributed by atoms with Crippen LogP contribution in [0.25, 0.3) is 10.9 Å². The fourth-order valence-corrected chi connectivity index (χ4v) is 2.72. The van der Waals surface area contributed by atoms with Crippen LogP contribution >= 0.6 is 0 Å². The highest BCUT2D eigenvalue weighted by Gasteiger charge is 2.30. The van der Waals surface area contributed by atoms with Crippen LogP contribution in [0.5, 0.6) is 0 Å². The molecule has 0 bridgehead atoms. The monoisotopic (exact) mass is 390 g/mol. The molecule has 0 N–H and O–H groups in total. The first-order valence-electron chi connectivity index (χ1n) is 8.48. The molecule has 6 nitrogen and oxygen atoms in total. The van der Waals surface area contributed by atoms with Crippen LogP contribution in [0.15, 0.2) is 53.3 Å². The zero-order valence-corrected chi connectivity index (χ0v) is 15.0. The Hall–Kier alpha value is -3.23. The quantitative estimate of drug-likeness (QED) is 0.672. The van der Waals surface area contributed by atoms with Crippen molar-refractivity contribution in [3.8, 4) is 0 Å². The number of rotatable bonds is 5. The molecule has 0 aliphatic carbocycles. The summed E-state index contributed by atoms with van der Waals surface area (Å²) in [4.78, 5) is 26.1. The predicted molar refractivity (Wildman–Crippen MR) is 96.3 cm³/mol. The van der Waals surface area contributed by atoms with Gasteiger partial charge < -0.3 is 4.90 Å². The summed E-state index contributed by atoms with van der Waals surface area (Å²) >= 11 is 0. The molecule has 1 heterocycles. The second-order valence-electron chi connectivity index (χ2n) is 6.33. The summed E-state index contributed by atoms with van der Waals surface area (Å²) in [6.07, 6.45) is -4.38. The van der Waals surface area contributed by atoms with Crippen molar-refractivity contribution in [2.24, 2.45) is 0 Å². The molecule has 0 fully saturated rings. The molecule has 0 atom stereocenters. The first kappa shape index (κ1) is 19.5. The van der Waals surface area contributed by atoms with E-state index in [1.54, 1.807) is 31.3 Å². The third-order valence-corrected chi connectivity index (χ3v) is 4.29. The summed E-state index contributed by atoms with van der Waals surface area (Å²) in [6, 6.07) is 11.4. The first-order valence-corrected chi connectivity index (χ1v) is 8.48. The van der Waals surface area contributed by atoms with Gasteiger partial charge in [0.05, 0.1) is 17.5 Å². The number of carbonyl (C=O) groups excluding carboxylic acids is 1. The number of halogens is 3. The van der Waals surface area contributed by atoms with Crippen molar-refractivity contribution in [3.05, 3.63) is 70.0 Å². The summed E-state index contributed by atoms with van der Waals surface area (Å²) in [5, 5.41) is 8.21. The molecule has 0 spiro atoms. The fraction of sp³-hybridized carbons (Fsp3) is 0.263. The van der Waals surface area contributed by atoms with Gasteiger partial charge in [-0.05, 0) is 29.8 Å². The zero-order chi connectivity index (χ0) is 20.3. The van der Waals surface area contributed by atoms with Gasteiger partial charge in [-0.1, -0.05) is 29.5 Å². The van der Waals surface area contributed by atoms with Gasteiger partial charge in [0.25, 0.3) is 5.56 Å². The lowest BCUT2D eigenvalue weighted by atomic mass is 10.1. The van der Waals surface area contributed by atoms with Crippen molar-refractivity contribution in [1.29, 1.82) is 0 Å². The topological polar surface area (TPSA) is 68.1 Å². The van der Waals surface area contributed by atoms with Crippen LogP contribution in [0.2, 0.25) is 0 Å². The average Bonchev–Trinajstić information content (AvgIpc) is 2.67. The van der Waals surface area contributed by atoms with Crippen LogP contribution in [-0.4, -0.2) is 32.8 Å². The van der Waals surface area contributed by atoms with Crippen LogP contribution in [0, 0.1) is 0 Å². The van der Waals surface area contributed by atoms with Gasteiger partial charge in [-0.15, -0.1) is 5.10 Å². The fourth-order valence-electron chi connectivity index (χ4n) is 2.72. The molecule has 1 amide bonds. The second-order valence-corrected chi connectivity index (χ2v) is 6.33. The summed E-state index contributed by atoms with van der Waals surface area (Å²) in [5.41, 5.74) is -0.00992. The molecule has 3 aromatic rings. The summed E-state index contributed by atoms with van der Waals surface area (Å²) in [5.74, 6) is -0.262. The number of hydrogen-bond acceptors (Lipinski definition) is 4. The number of nitrogens with zero attached hydrogens (tertiary/aromatic N) is 4. The third-order valence-electron chi connectivity index (χ3n) is 4.29. The van der Waals surface area contributed by atoms with E-state index in [0.29, 0.717) is 16.5 Å². The summed E-state index contributed by atoms with van der Waals surface area (Å²) < 4.78 is 38.9. The highest BCUT2D eigenvalue weighted by atomic mass is 19.4. The number of fused-ring (bicyclic) bond motifs is 1. The van der Waals surface area contributed by atoms with Gasteiger partial charge in [-0.3, -0.25) is 9.59 Å². The molecular weight excluding hydrogens is 373 g/mol. The van der Waals surface area contributed by atoms with Gasteiger partial charge >= 0.3 is 6.18 Å². The Bertz CT molecular complexity index is 1050. The number of aromatic nitrogens is 3. The van der Waals surface area contributed by atoms with Gasteiger partial charge in [0, 0.05) is 20.0 Å².